The molecule has 0 saturated heterocycles. The molecular formula is C4H8N2O3. The van der Waals surface area contributed by atoms with E-state index in [2.05, 4.69) is 5.16 Å². The van der Waals surface area contributed by atoms with E-state index >= 15 is 0 Å². The summed E-state index contributed by atoms with van der Waals surface area (Å²) >= 11 is 0. The maximum atomic E-state index is 10.0. The van der Waals surface area contributed by atoms with Crippen molar-refractivity contribution < 1.29 is 10.1 Å². The summed E-state index contributed by atoms with van der Waals surface area (Å²) in [4.78, 5) is 9.48. The summed E-state index contributed by atoms with van der Waals surface area (Å²) in [5.41, 5.74) is -1.27. The second-order valence-corrected chi connectivity index (χ2v) is 2.16. The zero-order valence-corrected chi connectivity index (χ0v) is 5.24. The lowest BCUT2D eigenvalue weighted by atomic mass is 10.1. The Hall–Kier alpha value is -1.13. The van der Waals surface area contributed by atoms with Crippen LogP contribution < -0.4 is 0 Å². The average Bonchev–Trinajstić information content (AvgIpc) is 1.65. The molecule has 5 heteroatoms. The molecule has 0 saturated carbocycles. The summed E-state index contributed by atoms with van der Waals surface area (Å²) in [6.45, 7) is 2.68. The van der Waals surface area contributed by atoms with Crippen molar-refractivity contribution in [1.29, 1.82) is 0 Å². The molecule has 0 aliphatic heterocycles. The summed E-state index contributed by atoms with van der Waals surface area (Å²) in [6.07, 6.45) is 0.868. The highest BCUT2D eigenvalue weighted by molar-refractivity contribution is 5.66. The maximum Gasteiger partial charge on any atom is 0.254 e. The lowest BCUT2D eigenvalue weighted by Crippen LogP contribution is -2.32. The minimum absolute atomic E-state index is 0.535. The number of oxime groups is 1. The highest BCUT2D eigenvalue weighted by Crippen LogP contribution is 2.02. The van der Waals surface area contributed by atoms with E-state index < -0.39 is 10.5 Å². The second-order valence-electron chi connectivity index (χ2n) is 2.16. The SMILES string of the molecule is CC(C)(/C=N\O)[N+](=O)[O-]. The molecule has 0 rings (SSSR count). The Morgan fingerprint density at radius 3 is 2.33 bits per heavy atom. The maximum absolute atomic E-state index is 10.0. The van der Waals surface area contributed by atoms with Crippen LogP contribution in [0, 0.1) is 10.1 Å². The van der Waals surface area contributed by atoms with Gasteiger partial charge in [-0.15, -0.1) is 0 Å². The van der Waals surface area contributed by atoms with Crippen LogP contribution in [0.15, 0.2) is 5.16 Å². The lowest BCUT2D eigenvalue weighted by molar-refractivity contribution is -0.536. The Bertz CT molecular complexity index is 141. The van der Waals surface area contributed by atoms with Crippen molar-refractivity contribution in [2.45, 2.75) is 19.4 Å². The summed E-state index contributed by atoms with van der Waals surface area (Å²) in [7, 11) is 0. The molecule has 9 heavy (non-hydrogen) atoms. The van der Waals surface area contributed by atoms with Crippen molar-refractivity contribution >= 4 is 6.21 Å². The smallest absolute Gasteiger partial charge is 0.254 e. The van der Waals surface area contributed by atoms with Gasteiger partial charge in [-0.2, -0.15) is 0 Å². The van der Waals surface area contributed by atoms with Crippen LogP contribution >= 0.6 is 0 Å². The van der Waals surface area contributed by atoms with E-state index in [0.29, 0.717) is 0 Å². The molecule has 0 aliphatic rings. The molecule has 0 spiro atoms. The fourth-order valence-electron chi connectivity index (χ4n) is 0.188. The standard InChI is InChI=1S/C4H8N2O3/c1-4(2,3-5-7)6(8)9/h3,7H,1-2H3/b5-3-. The fourth-order valence-corrected chi connectivity index (χ4v) is 0.188. The predicted molar refractivity (Wildman–Crippen MR) is 31.4 cm³/mol. The highest BCUT2D eigenvalue weighted by atomic mass is 16.6. The molecule has 0 unspecified atom stereocenters. The molecule has 5 nitrogen and oxygen atoms in total. The van der Waals surface area contributed by atoms with Gasteiger partial charge in [0.1, 0.15) is 6.21 Å². The Labute approximate surface area is 52.1 Å². The van der Waals surface area contributed by atoms with E-state index in [4.69, 9.17) is 5.21 Å². The molecule has 0 radical (unpaired) electrons. The van der Waals surface area contributed by atoms with E-state index in [-0.39, 0.29) is 0 Å². The first kappa shape index (κ1) is 7.87. The average molecular weight is 132 g/mol. The third kappa shape index (κ3) is 2.07. The van der Waals surface area contributed by atoms with Gasteiger partial charge in [0.15, 0.2) is 0 Å². The van der Waals surface area contributed by atoms with E-state index in [1.54, 1.807) is 0 Å². The molecule has 0 bridgehead atoms. The number of nitrogens with zero attached hydrogens (tertiary/aromatic N) is 2. The van der Waals surface area contributed by atoms with Gasteiger partial charge in [-0.1, -0.05) is 5.16 Å². The van der Waals surface area contributed by atoms with Gasteiger partial charge < -0.3 is 5.21 Å². The predicted octanol–water partition coefficient (Wildman–Crippen LogP) is 0.502. The van der Waals surface area contributed by atoms with Gasteiger partial charge in [0.05, 0.1) is 0 Å². The number of rotatable bonds is 2. The molecule has 0 fully saturated rings. The zero-order chi connectivity index (χ0) is 7.49. The Morgan fingerprint density at radius 2 is 2.22 bits per heavy atom. The number of nitro groups is 1. The molecule has 1 N–H and O–H groups in total. The molecule has 0 atom stereocenters. The first-order chi connectivity index (χ1) is 4.00. The van der Waals surface area contributed by atoms with Crippen LogP contribution in [0.5, 0.6) is 0 Å². The minimum atomic E-state index is -1.27. The summed E-state index contributed by atoms with van der Waals surface area (Å²) in [5.74, 6) is 0. The molecule has 0 heterocycles. The van der Waals surface area contributed by atoms with Crippen molar-refractivity contribution in [3.05, 3.63) is 10.1 Å². The van der Waals surface area contributed by atoms with Gasteiger partial charge in [-0.05, 0) is 0 Å². The number of hydrogen-bond acceptors (Lipinski definition) is 4. The van der Waals surface area contributed by atoms with Gasteiger partial charge in [0, 0.05) is 18.8 Å². The quantitative estimate of drug-likeness (QED) is 0.257. The van der Waals surface area contributed by atoms with Crippen LogP contribution in [0.25, 0.3) is 0 Å². The van der Waals surface area contributed by atoms with Crippen molar-refractivity contribution in [2.75, 3.05) is 0 Å². The summed E-state index contributed by atoms with van der Waals surface area (Å²) in [5, 5.41) is 20.5. The molecule has 0 aromatic carbocycles. The van der Waals surface area contributed by atoms with Gasteiger partial charge in [0.25, 0.3) is 5.54 Å². The van der Waals surface area contributed by atoms with Gasteiger partial charge in [-0.25, -0.2) is 0 Å². The second kappa shape index (κ2) is 2.43. The minimum Gasteiger partial charge on any atom is -0.411 e. The van der Waals surface area contributed by atoms with Crippen LogP contribution in [-0.2, 0) is 0 Å². The van der Waals surface area contributed by atoms with Crippen LogP contribution in [0.4, 0.5) is 0 Å². The van der Waals surface area contributed by atoms with Gasteiger partial charge in [-0.3, -0.25) is 10.1 Å². The van der Waals surface area contributed by atoms with Crippen LogP contribution in [0.1, 0.15) is 13.8 Å². The van der Waals surface area contributed by atoms with E-state index in [1.165, 1.54) is 13.8 Å². The highest BCUT2D eigenvalue weighted by Gasteiger charge is 2.27. The third-order valence-corrected chi connectivity index (χ3v) is 0.844. The van der Waals surface area contributed by atoms with Gasteiger partial charge >= 0.3 is 0 Å². The number of hydrogen-bond donors (Lipinski definition) is 1. The van der Waals surface area contributed by atoms with Crippen LogP contribution in [-0.4, -0.2) is 21.9 Å². The van der Waals surface area contributed by atoms with Crippen LogP contribution in [0.2, 0.25) is 0 Å². The van der Waals surface area contributed by atoms with Crippen molar-refractivity contribution in [3.8, 4) is 0 Å². The van der Waals surface area contributed by atoms with E-state index in [9.17, 15) is 10.1 Å². The normalized spacial score (nSPS) is 12.2. The largest absolute Gasteiger partial charge is 0.411 e. The molecule has 0 aromatic rings. The van der Waals surface area contributed by atoms with E-state index in [1.807, 2.05) is 0 Å². The van der Waals surface area contributed by atoms with Crippen LogP contribution in [0.3, 0.4) is 0 Å². The summed E-state index contributed by atoms with van der Waals surface area (Å²) in [6, 6.07) is 0. The Balaban J connectivity index is 4.19. The summed E-state index contributed by atoms with van der Waals surface area (Å²) < 4.78 is 0. The fraction of sp³-hybridized carbons (Fsp3) is 0.750. The molecule has 0 aromatic heterocycles. The molecular weight excluding hydrogens is 124 g/mol. The lowest BCUT2D eigenvalue weighted by Gasteiger charge is -2.06. The molecule has 0 aliphatic carbocycles. The monoisotopic (exact) mass is 132 g/mol. The van der Waals surface area contributed by atoms with Gasteiger partial charge in [0.2, 0.25) is 0 Å². The molecule has 0 amide bonds. The Morgan fingerprint density at radius 1 is 1.78 bits per heavy atom. The third-order valence-electron chi connectivity index (χ3n) is 0.844. The first-order valence-electron chi connectivity index (χ1n) is 2.34. The van der Waals surface area contributed by atoms with Crippen molar-refractivity contribution in [3.63, 3.8) is 0 Å². The zero-order valence-electron chi connectivity index (χ0n) is 5.24. The van der Waals surface area contributed by atoms with Crippen molar-refractivity contribution in [1.82, 2.24) is 0 Å². The molecule has 52 valence electrons. The van der Waals surface area contributed by atoms with Crippen molar-refractivity contribution in [2.24, 2.45) is 5.16 Å². The van der Waals surface area contributed by atoms with E-state index in [0.717, 1.165) is 6.21 Å². The topological polar surface area (TPSA) is 75.7 Å². The first-order valence-corrected chi connectivity index (χ1v) is 2.34. The Kier molecular flexibility index (Phi) is 2.12.